The third-order valence-corrected chi connectivity index (χ3v) is 4.65. The van der Waals surface area contributed by atoms with E-state index in [1.54, 1.807) is 7.11 Å². The number of aryl methyl sites for hydroxylation is 2. The SMILES string of the molecule is CCN(CC)Cc1cc(CNCc2cn(CC)nc2C)ccc1OC. The fourth-order valence-electron chi connectivity index (χ4n) is 2.99. The van der Waals surface area contributed by atoms with Gasteiger partial charge < -0.3 is 10.1 Å². The van der Waals surface area contributed by atoms with Crippen molar-refractivity contribution in [3.8, 4) is 5.75 Å². The lowest BCUT2D eigenvalue weighted by molar-refractivity contribution is 0.289. The van der Waals surface area contributed by atoms with Crippen LogP contribution in [0.15, 0.2) is 24.4 Å². The van der Waals surface area contributed by atoms with E-state index in [4.69, 9.17) is 4.74 Å². The second-order valence-corrected chi connectivity index (χ2v) is 6.31. The fraction of sp³-hybridized carbons (Fsp3) is 0.550. The Bertz CT molecular complexity index is 662. The first-order chi connectivity index (χ1) is 12.1. The molecule has 1 heterocycles. The molecular weight excluding hydrogens is 312 g/mol. The number of methoxy groups -OCH3 is 1. The maximum absolute atomic E-state index is 5.54. The zero-order valence-electron chi connectivity index (χ0n) is 16.3. The van der Waals surface area contributed by atoms with Crippen LogP contribution in [0.25, 0.3) is 0 Å². The molecule has 0 atom stereocenters. The number of nitrogens with zero attached hydrogens (tertiary/aromatic N) is 3. The van der Waals surface area contributed by atoms with Crippen LogP contribution < -0.4 is 10.1 Å². The molecule has 138 valence electrons. The van der Waals surface area contributed by atoms with Crippen LogP contribution in [0.2, 0.25) is 0 Å². The molecule has 0 radical (unpaired) electrons. The Balaban J connectivity index is 2.00. The van der Waals surface area contributed by atoms with E-state index in [0.717, 1.165) is 50.7 Å². The molecule has 0 saturated carbocycles. The quantitative estimate of drug-likeness (QED) is 0.718. The summed E-state index contributed by atoms with van der Waals surface area (Å²) in [5.74, 6) is 0.968. The maximum atomic E-state index is 5.54. The second-order valence-electron chi connectivity index (χ2n) is 6.31. The zero-order valence-corrected chi connectivity index (χ0v) is 16.3. The average molecular weight is 345 g/mol. The summed E-state index contributed by atoms with van der Waals surface area (Å²) >= 11 is 0. The normalized spacial score (nSPS) is 11.3. The van der Waals surface area contributed by atoms with Gasteiger partial charge >= 0.3 is 0 Å². The minimum Gasteiger partial charge on any atom is -0.496 e. The summed E-state index contributed by atoms with van der Waals surface area (Å²) < 4.78 is 7.52. The predicted octanol–water partition coefficient (Wildman–Crippen LogP) is 3.35. The van der Waals surface area contributed by atoms with E-state index in [-0.39, 0.29) is 0 Å². The lowest BCUT2D eigenvalue weighted by Crippen LogP contribution is -2.22. The van der Waals surface area contributed by atoms with E-state index in [1.165, 1.54) is 16.7 Å². The predicted molar refractivity (Wildman–Crippen MR) is 103 cm³/mol. The van der Waals surface area contributed by atoms with E-state index in [2.05, 4.69) is 67.4 Å². The Labute approximate surface area is 152 Å². The van der Waals surface area contributed by atoms with Crippen molar-refractivity contribution in [2.24, 2.45) is 0 Å². The Kier molecular flexibility index (Phi) is 7.47. The van der Waals surface area contributed by atoms with Gasteiger partial charge in [-0.1, -0.05) is 19.9 Å². The minimum absolute atomic E-state index is 0.837. The summed E-state index contributed by atoms with van der Waals surface area (Å²) in [6.07, 6.45) is 2.13. The molecule has 5 heteroatoms. The second kappa shape index (κ2) is 9.59. The summed E-state index contributed by atoms with van der Waals surface area (Å²) in [4.78, 5) is 2.40. The molecule has 1 aromatic heterocycles. The Morgan fingerprint density at radius 1 is 1.12 bits per heavy atom. The van der Waals surface area contributed by atoms with E-state index >= 15 is 0 Å². The summed E-state index contributed by atoms with van der Waals surface area (Å²) in [7, 11) is 1.74. The number of rotatable bonds is 10. The molecule has 5 nitrogen and oxygen atoms in total. The lowest BCUT2D eigenvalue weighted by Gasteiger charge is -2.20. The number of ether oxygens (including phenoxy) is 1. The van der Waals surface area contributed by atoms with Crippen LogP contribution in [0, 0.1) is 6.92 Å². The number of benzene rings is 1. The third-order valence-electron chi connectivity index (χ3n) is 4.65. The van der Waals surface area contributed by atoms with Gasteiger partial charge in [-0.3, -0.25) is 9.58 Å². The van der Waals surface area contributed by atoms with E-state index in [0.29, 0.717) is 0 Å². The number of hydrogen-bond donors (Lipinski definition) is 1. The van der Waals surface area contributed by atoms with Crippen molar-refractivity contribution in [3.63, 3.8) is 0 Å². The van der Waals surface area contributed by atoms with Gasteiger partial charge in [0.05, 0.1) is 12.8 Å². The van der Waals surface area contributed by atoms with Crippen LogP contribution in [0.3, 0.4) is 0 Å². The molecule has 1 aromatic carbocycles. The number of hydrogen-bond acceptors (Lipinski definition) is 4. The Hall–Kier alpha value is -1.85. The highest BCUT2D eigenvalue weighted by Crippen LogP contribution is 2.22. The monoisotopic (exact) mass is 344 g/mol. The highest BCUT2D eigenvalue weighted by Gasteiger charge is 2.09. The Morgan fingerprint density at radius 3 is 2.48 bits per heavy atom. The molecule has 0 amide bonds. The van der Waals surface area contributed by atoms with Crippen LogP contribution in [-0.4, -0.2) is 34.9 Å². The van der Waals surface area contributed by atoms with Gasteiger partial charge in [-0.2, -0.15) is 5.10 Å². The van der Waals surface area contributed by atoms with Gasteiger partial charge in [-0.15, -0.1) is 0 Å². The molecule has 0 saturated heterocycles. The molecule has 0 fully saturated rings. The molecule has 0 spiro atoms. The van der Waals surface area contributed by atoms with Crippen molar-refractivity contribution in [2.45, 2.75) is 53.9 Å². The van der Waals surface area contributed by atoms with E-state index in [9.17, 15) is 0 Å². The van der Waals surface area contributed by atoms with Crippen molar-refractivity contribution in [3.05, 3.63) is 46.8 Å². The van der Waals surface area contributed by atoms with Crippen LogP contribution in [0.5, 0.6) is 5.75 Å². The molecule has 25 heavy (non-hydrogen) atoms. The van der Waals surface area contributed by atoms with Crippen molar-refractivity contribution in [1.29, 1.82) is 0 Å². The molecular formula is C20H32N4O. The topological polar surface area (TPSA) is 42.3 Å². The highest BCUT2D eigenvalue weighted by molar-refractivity contribution is 5.37. The third kappa shape index (κ3) is 5.31. The van der Waals surface area contributed by atoms with Crippen LogP contribution in [-0.2, 0) is 26.2 Å². The first-order valence-electron chi connectivity index (χ1n) is 9.22. The first-order valence-corrected chi connectivity index (χ1v) is 9.22. The van der Waals surface area contributed by atoms with Crippen molar-refractivity contribution >= 4 is 0 Å². The molecule has 2 rings (SSSR count). The van der Waals surface area contributed by atoms with Gasteiger partial charge in [0.1, 0.15) is 5.75 Å². The first kappa shape index (κ1) is 19.5. The fourth-order valence-corrected chi connectivity index (χ4v) is 2.99. The summed E-state index contributed by atoms with van der Waals surface area (Å²) in [6, 6.07) is 6.47. The van der Waals surface area contributed by atoms with Gasteiger partial charge in [0.25, 0.3) is 0 Å². The molecule has 0 aliphatic rings. The van der Waals surface area contributed by atoms with Crippen molar-refractivity contribution < 1.29 is 4.74 Å². The number of nitrogens with one attached hydrogen (secondary N) is 1. The summed E-state index contributed by atoms with van der Waals surface area (Å²) in [5, 5.41) is 8.03. The standard InChI is InChI=1S/C20H32N4O/c1-6-23(7-2)14-18-11-17(9-10-20(18)25-5)12-21-13-19-15-24(8-3)22-16(19)4/h9-11,15,21H,6-8,12-14H2,1-5H3. The Morgan fingerprint density at radius 2 is 1.88 bits per heavy atom. The molecule has 0 aliphatic carbocycles. The van der Waals surface area contributed by atoms with Gasteiger partial charge in [-0.05, 0) is 44.6 Å². The van der Waals surface area contributed by atoms with Crippen LogP contribution in [0.4, 0.5) is 0 Å². The molecule has 0 bridgehead atoms. The molecule has 2 aromatic rings. The number of aromatic nitrogens is 2. The summed E-state index contributed by atoms with van der Waals surface area (Å²) in [6.45, 7) is 14.2. The minimum atomic E-state index is 0.837. The van der Waals surface area contributed by atoms with Gasteiger partial charge in [0.2, 0.25) is 0 Å². The zero-order chi connectivity index (χ0) is 18.2. The molecule has 1 N–H and O–H groups in total. The maximum Gasteiger partial charge on any atom is 0.123 e. The smallest absolute Gasteiger partial charge is 0.123 e. The highest BCUT2D eigenvalue weighted by atomic mass is 16.5. The van der Waals surface area contributed by atoms with Gasteiger partial charge in [-0.25, -0.2) is 0 Å². The largest absolute Gasteiger partial charge is 0.496 e. The van der Waals surface area contributed by atoms with Crippen LogP contribution in [0.1, 0.15) is 43.2 Å². The van der Waals surface area contributed by atoms with Gasteiger partial charge in [0.15, 0.2) is 0 Å². The van der Waals surface area contributed by atoms with E-state index < -0.39 is 0 Å². The lowest BCUT2D eigenvalue weighted by atomic mass is 10.1. The van der Waals surface area contributed by atoms with E-state index in [1.807, 2.05) is 4.68 Å². The molecule has 0 unspecified atom stereocenters. The summed E-state index contributed by atoms with van der Waals surface area (Å²) in [5.41, 5.74) is 4.90. The average Bonchev–Trinajstić information content (AvgIpc) is 3.00. The van der Waals surface area contributed by atoms with Crippen molar-refractivity contribution in [2.75, 3.05) is 20.2 Å². The van der Waals surface area contributed by atoms with Crippen molar-refractivity contribution in [1.82, 2.24) is 20.0 Å². The molecule has 0 aliphatic heterocycles. The van der Waals surface area contributed by atoms with Gasteiger partial charge in [0, 0.05) is 43.5 Å². The van der Waals surface area contributed by atoms with Crippen LogP contribution >= 0.6 is 0 Å².